The number of carbonyl (C=O) groups excluding carboxylic acids is 3. The minimum atomic E-state index is -1.25. The maximum Gasteiger partial charge on any atom is 0.309 e. The second-order valence-electron chi connectivity index (χ2n) is 6.50. The number of aliphatic carboxylic acids is 1. The van der Waals surface area contributed by atoms with Crippen molar-refractivity contribution in [2.24, 2.45) is 5.92 Å². The van der Waals surface area contributed by atoms with Crippen LogP contribution in [0.1, 0.15) is 39.5 Å². The number of esters is 1. The van der Waals surface area contributed by atoms with Gasteiger partial charge < -0.3 is 19.1 Å². The van der Waals surface area contributed by atoms with Gasteiger partial charge in [0.2, 0.25) is 0 Å². The van der Waals surface area contributed by atoms with Crippen molar-refractivity contribution in [2.75, 3.05) is 27.7 Å². The summed E-state index contributed by atoms with van der Waals surface area (Å²) in [6, 6.07) is 0. The highest BCUT2D eigenvalue weighted by Gasteiger charge is 2.26. The molecule has 0 aromatic heterocycles. The monoisotopic (exact) mass is 301 g/mol. The zero-order valence-electron chi connectivity index (χ0n) is 13.7. The fraction of sp³-hybridized carbons (Fsp3) is 0.800. The molecule has 0 saturated carbocycles. The highest BCUT2D eigenvalue weighted by Crippen LogP contribution is 2.12. The molecule has 21 heavy (non-hydrogen) atoms. The van der Waals surface area contributed by atoms with Gasteiger partial charge in [0.1, 0.15) is 12.3 Å². The van der Waals surface area contributed by atoms with Gasteiger partial charge >= 0.3 is 5.97 Å². The van der Waals surface area contributed by atoms with E-state index in [-0.39, 0.29) is 18.6 Å². The van der Waals surface area contributed by atoms with E-state index in [0.29, 0.717) is 17.4 Å². The maximum absolute atomic E-state index is 12.0. The van der Waals surface area contributed by atoms with Crippen molar-refractivity contribution < 1.29 is 28.7 Å². The van der Waals surface area contributed by atoms with Gasteiger partial charge in [-0.25, -0.2) is 0 Å². The lowest BCUT2D eigenvalue weighted by Crippen LogP contribution is -2.45. The third kappa shape index (κ3) is 10.0. The number of carboxylic acid groups (broad SMARTS) is 1. The zero-order chi connectivity index (χ0) is 16.6. The van der Waals surface area contributed by atoms with Crippen LogP contribution in [0.15, 0.2) is 0 Å². The summed E-state index contributed by atoms with van der Waals surface area (Å²) in [6.07, 6.45) is 0.242. The quantitative estimate of drug-likeness (QED) is 0.423. The Morgan fingerprint density at radius 3 is 2.14 bits per heavy atom. The van der Waals surface area contributed by atoms with Crippen molar-refractivity contribution in [3.63, 3.8) is 0 Å². The predicted octanol–water partition coefficient (Wildman–Crippen LogP) is 0.140. The number of hydrogen-bond donors (Lipinski definition) is 0. The predicted molar refractivity (Wildman–Crippen MR) is 76.1 cm³/mol. The summed E-state index contributed by atoms with van der Waals surface area (Å²) in [7, 11) is 5.64. The molecule has 6 nitrogen and oxygen atoms in total. The minimum Gasteiger partial charge on any atom is -0.550 e. The van der Waals surface area contributed by atoms with Crippen molar-refractivity contribution in [3.05, 3.63) is 0 Å². The highest BCUT2D eigenvalue weighted by molar-refractivity contribution is 5.84. The van der Waals surface area contributed by atoms with Crippen LogP contribution in [0.4, 0.5) is 0 Å². The third-order valence-electron chi connectivity index (χ3n) is 2.89. The van der Waals surface area contributed by atoms with E-state index in [4.69, 9.17) is 4.74 Å². The number of ether oxygens (including phenoxy) is 1. The largest absolute Gasteiger partial charge is 0.550 e. The lowest BCUT2D eigenvalue weighted by Gasteiger charge is -2.29. The fourth-order valence-corrected chi connectivity index (χ4v) is 2.03. The molecule has 0 radical (unpaired) electrons. The first-order valence-corrected chi connectivity index (χ1v) is 7.27. The zero-order valence-corrected chi connectivity index (χ0v) is 13.7. The molecule has 0 aromatic carbocycles. The van der Waals surface area contributed by atoms with Crippen LogP contribution in [0.5, 0.6) is 0 Å². The van der Waals surface area contributed by atoms with Crippen LogP contribution in [0.3, 0.4) is 0 Å². The first kappa shape index (κ1) is 19.6. The van der Waals surface area contributed by atoms with E-state index in [1.807, 2.05) is 28.1 Å². The molecule has 6 heteroatoms. The van der Waals surface area contributed by atoms with E-state index in [2.05, 4.69) is 0 Å². The molecule has 0 rings (SSSR count). The lowest BCUT2D eigenvalue weighted by molar-refractivity contribution is -0.873. The smallest absolute Gasteiger partial charge is 0.309 e. The molecule has 0 heterocycles. The molecular formula is C15H27NO5. The van der Waals surface area contributed by atoms with Gasteiger partial charge in [-0.1, -0.05) is 13.8 Å². The fourth-order valence-electron chi connectivity index (χ4n) is 2.03. The number of hydrogen-bond acceptors (Lipinski definition) is 5. The lowest BCUT2D eigenvalue weighted by atomic mass is 10.0. The van der Waals surface area contributed by atoms with Gasteiger partial charge in [0.15, 0.2) is 6.10 Å². The molecule has 0 aliphatic carbocycles. The Morgan fingerprint density at radius 1 is 1.14 bits per heavy atom. The highest BCUT2D eigenvalue weighted by atomic mass is 16.5. The van der Waals surface area contributed by atoms with Crippen molar-refractivity contribution in [1.82, 2.24) is 0 Å². The molecule has 122 valence electrons. The Hall–Kier alpha value is -1.43. The summed E-state index contributed by atoms with van der Waals surface area (Å²) in [5.41, 5.74) is 0. The number of likely N-dealkylation sites (N-methyl/N-ethyl adjacent to an activating group) is 1. The molecule has 0 bridgehead atoms. The van der Waals surface area contributed by atoms with Gasteiger partial charge in [-0.3, -0.25) is 9.59 Å². The van der Waals surface area contributed by atoms with Crippen LogP contribution in [0, 0.1) is 5.92 Å². The summed E-state index contributed by atoms with van der Waals surface area (Å²) >= 11 is 0. The average Bonchev–Trinajstić information content (AvgIpc) is 2.25. The number of ketones is 1. The minimum absolute atomic E-state index is 0.0185. The number of rotatable bonds is 10. The second kappa shape index (κ2) is 8.77. The summed E-state index contributed by atoms with van der Waals surface area (Å²) in [4.78, 5) is 34.2. The van der Waals surface area contributed by atoms with E-state index >= 15 is 0 Å². The van der Waals surface area contributed by atoms with Crippen LogP contribution in [0.2, 0.25) is 0 Å². The van der Waals surface area contributed by atoms with Gasteiger partial charge in [-0.2, -0.15) is 0 Å². The van der Waals surface area contributed by atoms with Gasteiger partial charge in [-0.15, -0.1) is 0 Å². The number of carbonyl (C=O) groups is 3. The van der Waals surface area contributed by atoms with Crippen LogP contribution in [-0.4, -0.2) is 56.0 Å². The van der Waals surface area contributed by atoms with E-state index in [9.17, 15) is 19.5 Å². The van der Waals surface area contributed by atoms with Crippen molar-refractivity contribution in [1.29, 1.82) is 0 Å². The number of carboxylic acids is 1. The normalized spacial score (nSPS) is 14.3. The van der Waals surface area contributed by atoms with Gasteiger partial charge in [0, 0.05) is 25.2 Å². The van der Waals surface area contributed by atoms with Crippen molar-refractivity contribution in [3.8, 4) is 0 Å². The molecular weight excluding hydrogens is 274 g/mol. The third-order valence-corrected chi connectivity index (χ3v) is 2.89. The van der Waals surface area contributed by atoms with Gasteiger partial charge in [0.25, 0.3) is 0 Å². The summed E-state index contributed by atoms with van der Waals surface area (Å²) in [5.74, 6) is -2.32. The Kier molecular flexibility index (Phi) is 8.17. The molecule has 0 N–H and O–H groups in total. The number of Topliss-reactive ketones (excluding diaryl/α,β-unsaturated/α-hetero) is 1. The molecule has 2 unspecified atom stereocenters. The molecule has 0 saturated heterocycles. The Morgan fingerprint density at radius 2 is 1.71 bits per heavy atom. The molecule has 0 aromatic rings. The first-order chi connectivity index (χ1) is 9.55. The van der Waals surface area contributed by atoms with E-state index in [1.165, 1.54) is 0 Å². The summed E-state index contributed by atoms with van der Waals surface area (Å²) < 4.78 is 5.72. The summed E-state index contributed by atoms with van der Waals surface area (Å²) in [6.45, 7) is 3.89. The van der Waals surface area contributed by atoms with Crippen LogP contribution in [-0.2, 0) is 19.1 Å². The number of quaternary nitrogens is 1. The topological polar surface area (TPSA) is 83.5 Å². The van der Waals surface area contributed by atoms with Crippen LogP contribution >= 0.6 is 0 Å². The molecule has 0 aliphatic rings. The average molecular weight is 301 g/mol. The molecule has 0 amide bonds. The van der Waals surface area contributed by atoms with E-state index in [0.717, 1.165) is 6.42 Å². The molecule has 2 atom stereocenters. The van der Waals surface area contributed by atoms with Gasteiger partial charge in [0.05, 0.1) is 27.1 Å². The number of nitrogens with zero attached hydrogens (tertiary/aromatic N) is 1. The maximum atomic E-state index is 12.0. The molecule has 0 aliphatic heterocycles. The molecule has 0 spiro atoms. The van der Waals surface area contributed by atoms with E-state index < -0.39 is 24.0 Å². The Bertz CT molecular complexity index is 373. The SMILES string of the molecule is CCCC(=O)CC(C)C(=O)OC(CC(=O)[O-])C[N+](C)(C)C. The van der Waals surface area contributed by atoms with Gasteiger partial charge in [-0.05, 0) is 6.42 Å². The van der Waals surface area contributed by atoms with E-state index in [1.54, 1.807) is 6.92 Å². The Balaban J connectivity index is 4.57. The summed E-state index contributed by atoms with van der Waals surface area (Å²) in [5, 5.41) is 10.7. The first-order valence-electron chi connectivity index (χ1n) is 7.27. The Labute approximate surface area is 126 Å². The molecule has 0 fully saturated rings. The van der Waals surface area contributed by atoms with Crippen molar-refractivity contribution >= 4 is 17.7 Å². The second-order valence-corrected chi connectivity index (χ2v) is 6.50. The van der Waals surface area contributed by atoms with Crippen LogP contribution in [0.25, 0.3) is 0 Å². The van der Waals surface area contributed by atoms with Crippen molar-refractivity contribution in [2.45, 2.75) is 45.6 Å². The van der Waals surface area contributed by atoms with Crippen LogP contribution < -0.4 is 5.11 Å². The standard InChI is InChI=1S/C15H27NO5/c1-6-7-12(17)8-11(2)15(20)21-13(9-14(18)19)10-16(3,4)5/h11,13H,6-10H2,1-5H3.